The SMILES string of the molecule is CN(Cc1ccc(C#N)cc1)C(=O)/C=C/c1ccc(Cl)c([N+](=O)[O-])c1. The number of rotatable bonds is 5. The molecule has 25 heavy (non-hydrogen) atoms. The Morgan fingerprint density at radius 2 is 2.00 bits per heavy atom. The average Bonchev–Trinajstić information content (AvgIpc) is 2.61. The molecule has 2 rings (SSSR count). The van der Waals surface area contributed by atoms with Gasteiger partial charge in [-0.25, -0.2) is 0 Å². The van der Waals surface area contributed by atoms with Gasteiger partial charge in [-0.3, -0.25) is 14.9 Å². The minimum atomic E-state index is -0.571. The van der Waals surface area contributed by atoms with Crippen molar-refractivity contribution in [1.29, 1.82) is 5.26 Å². The highest BCUT2D eigenvalue weighted by Gasteiger charge is 2.12. The van der Waals surface area contributed by atoms with E-state index in [-0.39, 0.29) is 16.6 Å². The number of hydrogen-bond donors (Lipinski definition) is 0. The molecule has 0 aliphatic rings. The first kappa shape index (κ1) is 18.2. The molecule has 0 saturated heterocycles. The van der Waals surface area contributed by atoms with Crippen molar-refractivity contribution in [3.05, 3.63) is 80.4 Å². The molecule has 0 radical (unpaired) electrons. The Morgan fingerprint density at radius 1 is 1.32 bits per heavy atom. The van der Waals surface area contributed by atoms with Gasteiger partial charge in [-0.15, -0.1) is 0 Å². The number of carbonyl (C=O) groups excluding carboxylic acids is 1. The van der Waals surface area contributed by atoms with Crippen molar-refractivity contribution in [1.82, 2.24) is 4.90 Å². The normalized spacial score (nSPS) is 10.4. The van der Waals surface area contributed by atoms with Crippen LogP contribution in [0.1, 0.15) is 16.7 Å². The van der Waals surface area contributed by atoms with Crippen molar-refractivity contribution in [2.75, 3.05) is 7.05 Å². The van der Waals surface area contributed by atoms with Crippen LogP contribution >= 0.6 is 11.6 Å². The molecule has 7 heteroatoms. The van der Waals surface area contributed by atoms with Gasteiger partial charge in [0, 0.05) is 25.7 Å². The Labute approximate surface area is 149 Å². The number of nitrogens with zero attached hydrogens (tertiary/aromatic N) is 3. The molecule has 0 spiro atoms. The number of hydrogen-bond acceptors (Lipinski definition) is 4. The van der Waals surface area contributed by atoms with Crippen LogP contribution in [0.5, 0.6) is 0 Å². The van der Waals surface area contributed by atoms with Crippen LogP contribution in [-0.4, -0.2) is 22.8 Å². The van der Waals surface area contributed by atoms with Gasteiger partial charge in [-0.05, 0) is 35.4 Å². The Kier molecular flexibility index (Phi) is 5.88. The van der Waals surface area contributed by atoms with Gasteiger partial charge < -0.3 is 4.90 Å². The summed E-state index contributed by atoms with van der Waals surface area (Å²) in [6.07, 6.45) is 2.84. The fourth-order valence-electron chi connectivity index (χ4n) is 2.10. The van der Waals surface area contributed by atoms with Crippen LogP contribution < -0.4 is 0 Å². The summed E-state index contributed by atoms with van der Waals surface area (Å²) < 4.78 is 0. The fourth-order valence-corrected chi connectivity index (χ4v) is 2.29. The molecule has 1 amide bonds. The maximum absolute atomic E-state index is 12.2. The Morgan fingerprint density at radius 3 is 2.60 bits per heavy atom. The lowest BCUT2D eigenvalue weighted by Gasteiger charge is -2.15. The smallest absolute Gasteiger partial charge is 0.288 e. The number of nitriles is 1. The summed E-state index contributed by atoms with van der Waals surface area (Å²) in [5.74, 6) is -0.248. The van der Waals surface area contributed by atoms with E-state index in [0.717, 1.165) is 5.56 Å². The second-order valence-electron chi connectivity index (χ2n) is 5.30. The third-order valence-corrected chi connectivity index (χ3v) is 3.78. The Balaban J connectivity index is 2.05. The van der Waals surface area contributed by atoms with Crippen molar-refractivity contribution in [3.8, 4) is 6.07 Å². The molecule has 0 saturated carbocycles. The predicted molar refractivity (Wildman–Crippen MR) is 94.8 cm³/mol. The highest BCUT2D eigenvalue weighted by atomic mass is 35.5. The second kappa shape index (κ2) is 8.08. The lowest BCUT2D eigenvalue weighted by atomic mass is 10.1. The zero-order valence-electron chi connectivity index (χ0n) is 13.3. The maximum atomic E-state index is 12.2. The number of amides is 1. The van der Waals surface area contributed by atoms with Crippen molar-refractivity contribution in [2.24, 2.45) is 0 Å². The molecule has 2 aromatic rings. The number of benzene rings is 2. The molecule has 126 valence electrons. The first-order valence-electron chi connectivity index (χ1n) is 7.27. The third kappa shape index (κ3) is 4.90. The molecule has 0 fully saturated rings. The zero-order valence-corrected chi connectivity index (χ0v) is 14.1. The summed E-state index contributed by atoms with van der Waals surface area (Å²) in [6, 6.07) is 13.3. The number of nitro benzene ring substituents is 1. The maximum Gasteiger partial charge on any atom is 0.288 e. The van der Waals surface area contributed by atoms with E-state index in [1.807, 2.05) is 6.07 Å². The highest BCUT2D eigenvalue weighted by molar-refractivity contribution is 6.32. The van der Waals surface area contributed by atoms with Crippen molar-refractivity contribution < 1.29 is 9.72 Å². The molecular formula is C18H14ClN3O3. The molecule has 0 heterocycles. The molecular weight excluding hydrogens is 342 g/mol. The van der Waals surface area contributed by atoms with Gasteiger partial charge in [0.2, 0.25) is 5.91 Å². The molecule has 0 atom stereocenters. The van der Waals surface area contributed by atoms with E-state index in [1.165, 1.54) is 29.2 Å². The van der Waals surface area contributed by atoms with Crippen molar-refractivity contribution >= 4 is 29.3 Å². The van der Waals surface area contributed by atoms with E-state index in [2.05, 4.69) is 0 Å². The molecule has 0 aromatic heterocycles. The summed E-state index contributed by atoms with van der Waals surface area (Å²) in [5, 5.41) is 19.7. The monoisotopic (exact) mass is 355 g/mol. The van der Waals surface area contributed by atoms with Crippen LogP contribution in [0.3, 0.4) is 0 Å². The van der Waals surface area contributed by atoms with Gasteiger partial charge in [0.1, 0.15) is 5.02 Å². The average molecular weight is 356 g/mol. The van der Waals surface area contributed by atoms with Crippen LogP contribution in [0.25, 0.3) is 6.08 Å². The van der Waals surface area contributed by atoms with E-state index in [0.29, 0.717) is 17.7 Å². The number of nitro groups is 1. The molecule has 0 bridgehead atoms. The van der Waals surface area contributed by atoms with Crippen LogP contribution in [0.4, 0.5) is 5.69 Å². The predicted octanol–water partition coefficient (Wildman–Crippen LogP) is 3.79. The van der Waals surface area contributed by atoms with Crippen LogP contribution in [0.2, 0.25) is 5.02 Å². The molecule has 0 aliphatic heterocycles. The summed E-state index contributed by atoms with van der Waals surface area (Å²) >= 11 is 5.76. The molecule has 0 N–H and O–H groups in total. The van der Waals surface area contributed by atoms with E-state index in [9.17, 15) is 14.9 Å². The minimum absolute atomic E-state index is 0.0476. The van der Waals surface area contributed by atoms with Crippen LogP contribution in [-0.2, 0) is 11.3 Å². The second-order valence-corrected chi connectivity index (χ2v) is 5.71. The van der Waals surface area contributed by atoms with Gasteiger partial charge in [-0.2, -0.15) is 5.26 Å². The highest BCUT2D eigenvalue weighted by Crippen LogP contribution is 2.25. The molecule has 0 unspecified atom stereocenters. The minimum Gasteiger partial charge on any atom is -0.338 e. The molecule has 0 aliphatic carbocycles. The third-order valence-electron chi connectivity index (χ3n) is 3.46. The number of halogens is 1. The quantitative estimate of drug-likeness (QED) is 0.463. The van der Waals surface area contributed by atoms with Gasteiger partial charge in [0.15, 0.2) is 0 Å². The van der Waals surface area contributed by atoms with Gasteiger partial charge in [0.05, 0.1) is 16.6 Å². The zero-order chi connectivity index (χ0) is 18.4. The summed E-state index contributed by atoms with van der Waals surface area (Å²) in [5.41, 5.74) is 1.76. The summed E-state index contributed by atoms with van der Waals surface area (Å²) in [6.45, 7) is 0.385. The molecule has 6 nitrogen and oxygen atoms in total. The first-order chi connectivity index (χ1) is 11.9. The lowest BCUT2D eigenvalue weighted by molar-refractivity contribution is -0.384. The van der Waals surface area contributed by atoms with E-state index < -0.39 is 4.92 Å². The first-order valence-corrected chi connectivity index (χ1v) is 7.64. The Hall–Kier alpha value is -3.17. The Bertz CT molecular complexity index is 870. The lowest BCUT2D eigenvalue weighted by Crippen LogP contribution is -2.24. The van der Waals surface area contributed by atoms with Gasteiger partial charge >= 0.3 is 0 Å². The number of carbonyl (C=O) groups is 1. The van der Waals surface area contributed by atoms with E-state index >= 15 is 0 Å². The van der Waals surface area contributed by atoms with E-state index in [4.69, 9.17) is 16.9 Å². The number of likely N-dealkylation sites (N-methyl/N-ethyl adjacent to an activating group) is 1. The standard InChI is InChI=1S/C18H14ClN3O3/c1-21(12-15-4-2-14(11-20)3-5-15)18(23)9-7-13-6-8-16(19)17(10-13)22(24)25/h2-10H,12H2,1H3/b9-7+. The summed E-state index contributed by atoms with van der Waals surface area (Å²) in [7, 11) is 1.65. The van der Waals surface area contributed by atoms with Crippen molar-refractivity contribution in [2.45, 2.75) is 6.54 Å². The van der Waals surface area contributed by atoms with Crippen LogP contribution in [0, 0.1) is 21.4 Å². The van der Waals surface area contributed by atoms with Crippen molar-refractivity contribution in [3.63, 3.8) is 0 Å². The molecule has 2 aromatic carbocycles. The van der Waals surface area contributed by atoms with Gasteiger partial charge in [0.25, 0.3) is 5.69 Å². The van der Waals surface area contributed by atoms with Gasteiger partial charge in [-0.1, -0.05) is 29.8 Å². The fraction of sp³-hybridized carbons (Fsp3) is 0.111. The summed E-state index contributed by atoms with van der Waals surface area (Å²) in [4.78, 5) is 24.0. The van der Waals surface area contributed by atoms with E-state index in [1.54, 1.807) is 37.4 Å². The largest absolute Gasteiger partial charge is 0.338 e. The topological polar surface area (TPSA) is 87.2 Å². The van der Waals surface area contributed by atoms with Crippen LogP contribution in [0.15, 0.2) is 48.5 Å².